The molecule has 2 rings (SSSR count). The Labute approximate surface area is 88.8 Å². The van der Waals surface area contributed by atoms with Crippen LogP contribution in [-0.4, -0.2) is 9.97 Å². The molecule has 0 aliphatic rings. The molecule has 0 unspecified atom stereocenters. The molecule has 2 nitrogen and oxygen atoms in total. The van der Waals surface area contributed by atoms with Gasteiger partial charge in [0.15, 0.2) is 0 Å². The van der Waals surface area contributed by atoms with Crippen LogP contribution in [0, 0.1) is 0 Å². The van der Waals surface area contributed by atoms with Gasteiger partial charge < -0.3 is 0 Å². The summed E-state index contributed by atoms with van der Waals surface area (Å²) in [5.74, 6) is 0. The summed E-state index contributed by atoms with van der Waals surface area (Å²) in [7, 11) is 0. The van der Waals surface area contributed by atoms with Gasteiger partial charge in [0.1, 0.15) is 0 Å². The van der Waals surface area contributed by atoms with E-state index in [1.165, 1.54) is 0 Å². The normalized spacial score (nSPS) is 7.38. The fourth-order valence-corrected chi connectivity index (χ4v) is 0.625. The van der Waals surface area contributed by atoms with Crippen LogP contribution in [0.1, 0.15) is 0 Å². The Morgan fingerprint density at radius 1 is 0.462 bits per heavy atom. The predicted octanol–water partition coefficient (Wildman–Crippen LogP) is 2.16. The summed E-state index contributed by atoms with van der Waals surface area (Å²) in [6.07, 6.45) is 7.00. The second kappa shape index (κ2) is 8.92. The second-order valence-electron chi connectivity index (χ2n) is 2.05. The van der Waals surface area contributed by atoms with Gasteiger partial charge in [0.2, 0.25) is 0 Å². The molecule has 0 radical (unpaired) electrons. The van der Waals surface area contributed by atoms with Gasteiger partial charge in [-0.3, -0.25) is 9.97 Å². The molecular weight excluding hydrogens is 200 g/mol. The van der Waals surface area contributed by atoms with Gasteiger partial charge in [-0.05, 0) is 24.3 Å². The first kappa shape index (κ1) is 11.8. The average Bonchev–Trinajstić information content (AvgIpc) is 2.24. The van der Waals surface area contributed by atoms with Gasteiger partial charge in [0.25, 0.3) is 0 Å². The van der Waals surface area contributed by atoms with E-state index in [9.17, 15) is 0 Å². The van der Waals surface area contributed by atoms with Crippen molar-refractivity contribution < 1.29 is 17.4 Å². The first-order chi connectivity index (χ1) is 6.00. The van der Waals surface area contributed by atoms with Crippen LogP contribution in [0.25, 0.3) is 0 Å². The molecular formula is C10H10CrN2. The van der Waals surface area contributed by atoms with Gasteiger partial charge in [0.05, 0.1) is 0 Å². The maximum atomic E-state index is 3.78. The van der Waals surface area contributed by atoms with Crippen molar-refractivity contribution in [2.45, 2.75) is 0 Å². The molecule has 2 aromatic rings. The third kappa shape index (κ3) is 7.20. The van der Waals surface area contributed by atoms with E-state index < -0.39 is 0 Å². The molecule has 0 atom stereocenters. The van der Waals surface area contributed by atoms with Gasteiger partial charge in [-0.2, -0.15) is 0 Å². The number of hydrogen-bond donors (Lipinski definition) is 0. The smallest absolute Gasteiger partial charge is 0.0267 e. The van der Waals surface area contributed by atoms with Crippen LogP contribution in [0.15, 0.2) is 61.2 Å². The minimum atomic E-state index is 0. The minimum Gasteiger partial charge on any atom is -0.265 e. The van der Waals surface area contributed by atoms with Crippen molar-refractivity contribution in [2.24, 2.45) is 0 Å². The maximum Gasteiger partial charge on any atom is 0.0267 e. The van der Waals surface area contributed by atoms with Crippen LogP contribution in [0.4, 0.5) is 0 Å². The Morgan fingerprint density at radius 3 is 0.846 bits per heavy atom. The third-order valence-electron chi connectivity index (χ3n) is 1.13. The van der Waals surface area contributed by atoms with E-state index >= 15 is 0 Å². The number of aromatic nitrogens is 2. The van der Waals surface area contributed by atoms with Crippen molar-refractivity contribution in [2.75, 3.05) is 0 Å². The summed E-state index contributed by atoms with van der Waals surface area (Å²) in [6.45, 7) is 0. The van der Waals surface area contributed by atoms with Crippen LogP contribution in [-0.2, 0) is 17.4 Å². The van der Waals surface area contributed by atoms with Gasteiger partial charge in [-0.25, -0.2) is 0 Å². The Morgan fingerprint density at radius 2 is 0.769 bits per heavy atom. The van der Waals surface area contributed by atoms with E-state index in [0.29, 0.717) is 0 Å². The first-order valence-corrected chi connectivity index (χ1v) is 3.70. The molecule has 2 aromatic heterocycles. The minimum absolute atomic E-state index is 0. The molecule has 0 aliphatic heterocycles. The number of hydrogen-bond acceptors (Lipinski definition) is 2. The summed E-state index contributed by atoms with van der Waals surface area (Å²) in [4.78, 5) is 7.57. The van der Waals surface area contributed by atoms with E-state index in [0.717, 1.165) is 0 Å². The van der Waals surface area contributed by atoms with Crippen molar-refractivity contribution in [3.8, 4) is 0 Å². The van der Waals surface area contributed by atoms with Crippen molar-refractivity contribution in [1.82, 2.24) is 9.97 Å². The van der Waals surface area contributed by atoms with E-state index in [-0.39, 0.29) is 17.4 Å². The zero-order chi connectivity index (χ0) is 8.49. The number of pyridine rings is 2. The van der Waals surface area contributed by atoms with E-state index in [4.69, 9.17) is 0 Å². The zero-order valence-corrected chi connectivity index (χ0v) is 8.35. The van der Waals surface area contributed by atoms with E-state index in [1.54, 1.807) is 24.8 Å². The quantitative estimate of drug-likeness (QED) is 0.665. The molecule has 0 N–H and O–H groups in total. The fourth-order valence-electron chi connectivity index (χ4n) is 0.625. The SMILES string of the molecule is [Cr].c1ccncc1.c1ccncc1. The molecule has 0 bridgehead atoms. The molecule has 0 aromatic carbocycles. The summed E-state index contributed by atoms with van der Waals surface area (Å²) < 4.78 is 0. The number of nitrogens with zero attached hydrogens (tertiary/aromatic N) is 2. The molecule has 2 heterocycles. The fraction of sp³-hybridized carbons (Fsp3) is 0. The standard InChI is InChI=1S/2C5H5N.Cr/c2*1-2-4-6-5-3-1;/h2*1-5H;. The van der Waals surface area contributed by atoms with E-state index in [1.807, 2.05) is 36.4 Å². The monoisotopic (exact) mass is 210 g/mol. The molecule has 0 saturated heterocycles. The van der Waals surface area contributed by atoms with Crippen LogP contribution in [0.5, 0.6) is 0 Å². The molecule has 3 heteroatoms. The molecule has 0 spiro atoms. The topological polar surface area (TPSA) is 25.8 Å². The molecule has 0 fully saturated rings. The summed E-state index contributed by atoms with van der Waals surface area (Å²) in [5.41, 5.74) is 0. The first-order valence-electron chi connectivity index (χ1n) is 3.70. The molecule has 0 amide bonds. The van der Waals surface area contributed by atoms with Crippen LogP contribution in [0.2, 0.25) is 0 Å². The van der Waals surface area contributed by atoms with Crippen LogP contribution >= 0.6 is 0 Å². The van der Waals surface area contributed by atoms with Gasteiger partial charge >= 0.3 is 0 Å². The summed E-state index contributed by atoms with van der Waals surface area (Å²) in [6, 6.07) is 11.4. The number of rotatable bonds is 0. The zero-order valence-electron chi connectivity index (χ0n) is 7.08. The van der Waals surface area contributed by atoms with Gasteiger partial charge in [-0.15, -0.1) is 0 Å². The Kier molecular flexibility index (Phi) is 8.12. The maximum absolute atomic E-state index is 3.78. The van der Waals surface area contributed by atoms with Gasteiger partial charge in [0, 0.05) is 42.1 Å². The van der Waals surface area contributed by atoms with Gasteiger partial charge in [-0.1, -0.05) is 12.1 Å². The van der Waals surface area contributed by atoms with Crippen LogP contribution < -0.4 is 0 Å². The Bertz CT molecular complexity index is 188. The Balaban J connectivity index is 0.000000206. The molecule has 0 aliphatic carbocycles. The largest absolute Gasteiger partial charge is 0.265 e. The molecule has 66 valence electrons. The average molecular weight is 210 g/mol. The Hall–Kier alpha value is -1.17. The van der Waals surface area contributed by atoms with E-state index in [2.05, 4.69) is 9.97 Å². The van der Waals surface area contributed by atoms with Crippen molar-refractivity contribution in [3.63, 3.8) is 0 Å². The van der Waals surface area contributed by atoms with Crippen molar-refractivity contribution >= 4 is 0 Å². The second-order valence-corrected chi connectivity index (χ2v) is 2.05. The van der Waals surface area contributed by atoms with Crippen LogP contribution in [0.3, 0.4) is 0 Å². The third-order valence-corrected chi connectivity index (χ3v) is 1.13. The summed E-state index contributed by atoms with van der Waals surface area (Å²) >= 11 is 0. The molecule has 0 saturated carbocycles. The predicted molar refractivity (Wildman–Crippen MR) is 48.5 cm³/mol. The van der Waals surface area contributed by atoms with Crippen molar-refractivity contribution in [3.05, 3.63) is 61.2 Å². The van der Waals surface area contributed by atoms with Crippen molar-refractivity contribution in [1.29, 1.82) is 0 Å². The molecule has 13 heavy (non-hydrogen) atoms. The summed E-state index contributed by atoms with van der Waals surface area (Å²) in [5, 5.41) is 0.